The average molecular weight is 368 g/mol. The summed E-state index contributed by atoms with van der Waals surface area (Å²) in [4.78, 5) is 11.0. The zero-order chi connectivity index (χ0) is 19.5. The number of hydrogen-bond donors (Lipinski definition) is 2. The predicted molar refractivity (Wildman–Crippen MR) is 112 cm³/mol. The highest BCUT2D eigenvalue weighted by Crippen LogP contribution is 2.31. The largest absolute Gasteiger partial charge is 0.369 e. The Hall–Kier alpha value is -3.73. The first-order valence-electron chi connectivity index (χ1n) is 9.07. The lowest BCUT2D eigenvalue weighted by atomic mass is 10.0. The van der Waals surface area contributed by atoms with Crippen LogP contribution in [0.2, 0.25) is 0 Å². The number of benzene rings is 3. The van der Waals surface area contributed by atoms with Crippen molar-refractivity contribution in [2.75, 3.05) is 5.32 Å². The van der Waals surface area contributed by atoms with Crippen LogP contribution in [0.15, 0.2) is 72.8 Å². The lowest BCUT2D eigenvalue weighted by Gasteiger charge is -2.12. The number of amides is 1. The number of carbonyl (C=O) groups is 1. The third-order valence-corrected chi connectivity index (χ3v) is 4.57. The molecule has 138 valence electrons. The first-order valence-corrected chi connectivity index (χ1v) is 9.07. The molecular formula is C23H20N4O. The standard InChI is InChI=1S/C23H20N4O/c1-15-5-4-6-17(13-15)22-19-7-2-3-8-20(19)23(27-26-22)25-18-11-9-16(10-12-18)14-21(24)28/h2-13H,14H2,1H3,(H2,24,28)(H,25,27). The van der Waals surface area contributed by atoms with E-state index >= 15 is 0 Å². The van der Waals surface area contributed by atoms with E-state index in [2.05, 4.69) is 40.6 Å². The van der Waals surface area contributed by atoms with Crippen LogP contribution in [0.5, 0.6) is 0 Å². The normalized spacial score (nSPS) is 10.8. The van der Waals surface area contributed by atoms with Gasteiger partial charge in [0.2, 0.25) is 5.91 Å². The molecule has 1 amide bonds. The van der Waals surface area contributed by atoms with Crippen LogP contribution < -0.4 is 11.1 Å². The van der Waals surface area contributed by atoms with Crippen LogP contribution in [-0.4, -0.2) is 16.1 Å². The maximum Gasteiger partial charge on any atom is 0.221 e. The van der Waals surface area contributed by atoms with Crippen LogP contribution in [0, 0.1) is 6.92 Å². The maximum absolute atomic E-state index is 11.0. The third kappa shape index (κ3) is 3.69. The monoisotopic (exact) mass is 368 g/mol. The summed E-state index contributed by atoms with van der Waals surface area (Å²) in [5.74, 6) is 0.346. The summed E-state index contributed by atoms with van der Waals surface area (Å²) in [5.41, 5.74) is 10.1. The van der Waals surface area contributed by atoms with Gasteiger partial charge in [-0.1, -0.05) is 60.2 Å². The molecule has 1 aromatic heterocycles. The minimum Gasteiger partial charge on any atom is -0.369 e. The van der Waals surface area contributed by atoms with Crippen LogP contribution in [0.4, 0.5) is 11.5 Å². The molecule has 4 aromatic rings. The van der Waals surface area contributed by atoms with Crippen molar-refractivity contribution in [3.8, 4) is 11.3 Å². The molecule has 3 N–H and O–H groups in total. The van der Waals surface area contributed by atoms with E-state index < -0.39 is 0 Å². The van der Waals surface area contributed by atoms with Gasteiger partial charge < -0.3 is 11.1 Å². The fourth-order valence-corrected chi connectivity index (χ4v) is 3.25. The van der Waals surface area contributed by atoms with Crippen LogP contribution in [0.25, 0.3) is 22.0 Å². The van der Waals surface area contributed by atoms with E-state index in [1.165, 1.54) is 5.56 Å². The van der Waals surface area contributed by atoms with Crippen molar-refractivity contribution in [3.63, 3.8) is 0 Å². The average Bonchev–Trinajstić information content (AvgIpc) is 2.69. The van der Waals surface area contributed by atoms with Crippen molar-refractivity contribution in [2.24, 2.45) is 5.73 Å². The Labute approximate surface area is 163 Å². The number of aryl methyl sites for hydroxylation is 1. The quantitative estimate of drug-likeness (QED) is 0.548. The number of aromatic nitrogens is 2. The molecule has 4 rings (SSSR count). The van der Waals surface area contributed by atoms with Gasteiger partial charge in [0.25, 0.3) is 0 Å². The van der Waals surface area contributed by atoms with Gasteiger partial charge in [0.1, 0.15) is 5.69 Å². The Morgan fingerprint density at radius 1 is 0.929 bits per heavy atom. The van der Waals surface area contributed by atoms with Crippen LogP contribution in [0.1, 0.15) is 11.1 Å². The second-order valence-corrected chi connectivity index (χ2v) is 6.78. The Bertz CT molecular complexity index is 1150. The highest BCUT2D eigenvalue weighted by molar-refractivity contribution is 6.00. The van der Waals surface area contributed by atoms with Crippen molar-refractivity contribution in [1.29, 1.82) is 0 Å². The van der Waals surface area contributed by atoms with Crippen LogP contribution in [0.3, 0.4) is 0 Å². The molecule has 0 aliphatic heterocycles. The third-order valence-electron chi connectivity index (χ3n) is 4.57. The summed E-state index contributed by atoms with van der Waals surface area (Å²) in [6, 6.07) is 23.9. The summed E-state index contributed by atoms with van der Waals surface area (Å²) in [5, 5.41) is 14.3. The van der Waals surface area contributed by atoms with E-state index in [1.54, 1.807) is 0 Å². The summed E-state index contributed by atoms with van der Waals surface area (Å²) >= 11 is 0. The summed E-state index contributed by atoms with van der Waals surface area (Å²) in [7, 11) is 0. The van der Waals surface area contributed by atoms with Crippen LogP contribution >= 0.6 is 0 Å². The molecule has 0 radical (unpaired) electrons. The molecule has 3 aromatic carbocycles. The maximum atomic E-state index is 11.0. The number of anilines is 2. The van der Waals surface area contributed by atoms with Gasteiger partial charge in [-0.05, 0) is 30.7 Å². The molecule has 0 fully saturated rings. The number of nitrogens with one attached hydrogen (secondary N) is 1. The topological polar surface area (TPSA) is 80.9 Å². The van der Waals surface area contributed by atoms with E-state index in [0.717, 1.165) is 33.3 Å². The van der Waals surface area contributed by atoms with E-state index in [4.69, 9.17) is 5.73 Å². The van der Waals surface area contributed by atoms with E-state index in [-0.39, 0.29) is 12.3 Å². The smallest absolute Gasteiger partial charge is 0.221 e. The molecule has 0 atom stereocenters. The highest BCUT2D eigenvalue weighted by atomic mass is 16.1. The molecule has 0 saturated heterocycles. The number of fused-ring (bicyclic) bond motifs is 1. The first kappa shape index (κ1) is 17.7. The van der Waals surface area contributed by atoms with Gasteiger partial charge in [0.05, 0.1) is 6.42 Å². The molecule has 0 bridgehead atoms. The number of nitrogens with two attached hydrogens (primary N) is 1. The molecule has 0 spiro atoms. The lowest BCUT2D eigenvalue weighted by Crippen LogP contribution is -2.13. The van der Waals surface area contributed by atoms with Crippen LogP contribution in [-0.2, 0) is 11.2 Å². The minimum atomic E-state index is -0.343. The Kier molecular flexibility index (Phi) is 4.72. The lowest BCUT2D eigenvalue weighted by molar-refractivity contribution is -0.117. The van der Waals surface area contributed by atoms with Gasteiger partial charge in [-0.2, -0.15) is 0 Å². The summed E-state index contributed by atoms with van der Waals surface area (Å²) in [6.07, 6.45) is 0.230. The molecule has 0 unspecified atom stereocenters. The van der Waals surface area contributed by atoms with Gasteiger partial charge in [-0.15, -0.1) is 10.2 Å². The summed E-state index contributed by atoms with van der Waals surface area (Å²) in [6.45, 7) is 2.07. The fraction of sp³-hybridized carbons (Fsp3) is 0.0870. The van der Waals surface area contributed by atoms with E-state index in [1.807, 2.05) is 54.6 Å². The number of hydrogen-bond acceptors (Lipinski definition) is 4. The molecular weight excluding hydrogens is 348 g/mol. The zero-order valence-corrected chi connectivity index (χ0v) is 15.5. The molecule has 0 saturated carbocycles. The predicted octanol–water partition coefficient (Wildman–Crippen LogP) is 4.38. The molecule has 0 aliphatic carbocycles. The Morgan fingerprint density at radius 2 is 1.68 bits per heavy atom. The first-order chi connectivity index (χ1) is 13.6. The summed E-state index contributed by atoms with van der Waals surface area (Å²) < 4.78 is 0. The van der Waals surface area contributed by atoms with Crippen molar-refractivity contribution in [2.45, 2.75) is 13.3 Å². The number of carbonyl (C=O) groups excluding carboxylic acids is 1. The Balaban J connectivity index is 1.71. The minimum absolute atomic E-state index is 0.230. The van der Waals surface area contributed by atoms with Gasteiger partial charge >= 0.3 is 0 Å². The molecule has 5 heteroatoms. The van der Waals surface area contributed by atoms with Gasteiger partial charge in [-0.3, -0.25) is 4.79 Å². The number of nitrogens with zero attached hydrogens (tertiary/aromatic N) is 2. The number of primary amides is 1. The van der Waals surface area contributed by atoms with Crippen molar-refractivity contribution in [1.82, 2.24) is 10.2 Å². The second kappa shape index (κ2) is 7.48. The van der Waals surface area contributed by atoms with Gasteiger partial charge in [0.15, 0.2) is 5.82 Å². The molecule has 28 heavy (non-hydrogen) atoms. The Morgan fingerprint density at radius 3 is 2.39 bits per heavy atom. The molecule has 0 aliphatic rings. The molecule has 1 heterocycles. The van der Waals surface area contributed by atoms with Crippen molar-refractivity contribution >= 4 is 28.2 Å². The van der Waals surface area contributed by atoms with Crippen molar-refractivity contribution < 1.29 is 4.79 Å². The van der Waals surface area contributed by atoms with E-state index in [0.29, 0.717) is 5.82 Å². The fourth-order valence-electron chi connectivity index (χ4n) is 3.25. The zero-order valence-electron chi connectivity index (χ0n) is 15.5. The number of rotatable bonds is 5. The second-order valence-electron chi connectivity index (χ2n) is 6.78. The van der Waals surface area contributed by atoms with Crippen molar-refractivity contribution in [3.05, 3.63) is 83.9 Å². The highest BCUT2D eigenvalue weighted by Gasteiger charge is 2.11. The molecule has 5 nitrogen and oxygen atoms in total. The van der Waals surface area contributed by atoms with Gasteiger partial charge in [0, 0.05) is 22.0 Å². The van der Waals surface area contributed by atoms with E-state index in [9.17, 15) is 4.79 Å². The van der Waals surface area contributed by atoms with Gasteiger partial charge in [-0.25, -0.2) is 0 Å². The SMILES string of the molecule is Cc1cccc(-c2nnc(Nc3ccc(CC(N)=O)cc3)c3ccccc23)c1.